The van der Waals surface area contributed by atoms with Crippen LogP contribution in [0.1, 0.15) is 28.8 Å². The normalized spacial score (nSPS) is 16.9. The molecule has 1 saturated heterocycles. The van der Waals surface area contributed by atoms with Gasteiger partial charge in [-0.25, -0.2) is 0 Å². The van der Waals surface area contributed by atoms with Gasteiger partial charge in [-0.3, -0.25) is 4.79 Å². The summed E-state index contributed by atoms with van der Waals surface area (Å²) in [5.41, 5.74) is 2.04. The first-order valence-corrected chi connectivity index (χ1v) is 9.79. The van der Waals surface area contributed by atoms with E-state index in [1.165, 1.54) is 4.88 Å². The Balaban J connectivity index is 1.74. The molecule has 0 radical (unpaired) electrons. The number of benzene rings is 1. The summed E-state index contributed by atoms with van der Waals surface area (Å²) in [7, 11) is 1.64. The summed E-state index contributed by atoms with van der Waals surface area (Å²) < 4.78 is 11.1. The van der Waals surface area contributed by atoms with Gasteiger partial charge in [0.2, 0.25) is 5.91 Å². The molecule has 2 heterocycles. The van der Waals surface area contributed by atoms with Crippen LogP contribution >= 0.6 is 11.3 Å². The minimum absolute atomic E-state index is 0.00235. The van der Waals surface area contributed by atoms with E-state index in [0.717, 1.165) is 36.3 Å². The largest absolute Gasteiger partial charge is 0.496 e. The van der Waals surface area contributed by atoms with Gasteiger partial charge in [-0.15, -0.1) is 11.3 Å². The van der Waals surface area contributed by atoms with Crippen LogP contribution in [0.5, 0.6) is 5.75 Å². The quantitative estimate of drug-likeness (QED) is 0.682. The number of aryl methyl sites for hydroxylation is 1. The number of thiophene rings is 1. The fourth-order valence-corrected chi connectivity index (χ4v) is 3.83. The molecule has 1 aromatic heterocycles. The van der Waals surface area contributed by atoms with Gasteiger partial charge in [0.05, 0.1) is 19.8 Å². The third kappa shape index (κ3) is 4.96. The van der Waals surface area contributed by atoms with Gasteiger partial charge in [0, 0.05) is 29.7 Å². The lowest BCUT2D eigenvalue weighted by atomic mass is 10.1. The second-order valence-electron chi connectivity index (χ2n) is 6.51. The Bertz CT molecular complexity index is 749. The monoisotopic (exact) mass is 371 g/mol. The van der Waals surface area contributed by atoms with E-state index in [1.807, 2.05) is 47.5 Å². The van der Waals surface area contributed by atoms with Crippen LogP contribution in [0.15, 0.2) is 41.8 Å². The molecule has 3 rings (SSSR count). The van der Waals surface area contributed by atoms with Crippen molar-refractivity contribution in [3.05, 3.63) is 57.8 Å². The van der Waals surface area contributed by atoms with E-state index in [0.29, 0.717) is 13.1 Å². The predicted octanol–water partition coefficient (Wildman–Crippen LogP) is 4.29. The second-order valence-corrected chi connectivity index (χ2v) is 7.54. The van der Waals surface area contributed by atoms with Crippen molar-refractivity contribution in [1.82, 2.24) is 4.90 Å². The molecule has 4 nitrogen and oxygen atoms in total. The minimum atomic E-state index is -0.00235. The highest BCUT2D eigenvalue weighted by molar-refractivity contribution is 7.09. The molecule has 1 fully saturated rings. The summed E-state index contributed by atoms with van der Waals surface area (Å²) in [4.78, 5) is 15.9. The topological polar surface area (TPSA) is 38.8 Å². The van der Waals surface area contributed by atoms with Gasteiger partial charge in [-0.2, -0.15) is 0 Å². The predicted molar refractivity (Wildman–Crippen MR) is 105 cm³/mol. The Kier molecular flexibility index (Phi) is 6.47. The number of hydrogen-bond donors (Lipinski definition) is 0. The maximum atomic E-state index is 12.9. The maximum Gasteiger partial charge on any atom is 0.246 e. The minimum Gasteiger partial charge on any atom is -0.496 e. The lowest BCUT2D eigenvalue weighted by molar-refractivity contribution is -0.128. The van der Waals surface area contributed by atoms with Gasteiger partial charge in [0.1, 0.15) is 5.75 Å². The number of nitrogens with zero attached hydrogens (tertiary/aromatic N) is 1. The van der Waals surface area contributed by atoms with Crippen LogP contribution in [0.4, 0.5) is 0 Å². The average Bonchev–Trinajstić information content (AvgIpc) is 3.33. The number of hydrogen-bond acceptors (Lipinski definition) is 4. The molecule has 5 heteroatoms. The molecule has 0 saturated carbocycles. The van der Waals surface area contributed by atoms with E-state index >= 15 is 0 Å². The van der Waals surface area contributed by atoms with Crippen LogP contribution in [-0.2, 0) is 16.1 Å². The molecule has 1 aromatic carbocycles. The smallest absolute Gasteiger partial charge is 0.246 e. The molecule has 1 amide bonds. The molecule has 0 spiro atoms. The molecule has 138 valence electrons. The summed E-state index contributed by atoms with van der Waals surface area (Å²) in [5.74, 6) is 0.765. The Morgan fingerprint density at radius 3 is 3.00 bits per heavy atom. The van der Waals surface area contributed by atoms with Crippen LogP contribution in [-0.4, -0.2) is 37.2 Å². The molecule has 26 heavy (non-hydrogen) atoms. The number of carbonyl (C=O) groups excluding carboxylic acids is 1. The standard InChI is InChI=1S/C21H25NO3S/c1-16-7-9-20(24-2)17(13-16)8-10-21(23)22(14-18-5-3-11-25-18)15-19-6-4-12-26-19/h4,6-10,12-13,18H,3,5,11,14-15H2,1-2H3/b10-8+. The SMILES string of the molecule is COc1ccc(C)cc1/C=C/C(=O)N(Cc1cccs1)CC1CCCO1. The van der Waals surface area contributed by atoms with Crippen LogP contribution in [0.3, 0.4) is 0 Å². The molecule has 0 aliphatic carbocycles. The zero-order valence-corrected chi connectivity index (χ0v) is 16.1. The summed E-state index contributed by atoms with van der Waals surface area (Å²) in [6.07, 6.45) is 5.71. The van der Waals surface area contributed by atoms with E-state index in [-0.39, 0.29) is 12.0 Å². The third-order valence-electron chi connectivity index (χ3n) is 4.48. The van der Waals surface area contributed by atoms with Gasteiger partial charge in [-0.05, 0) is 49.4 Å². The number of rotatable bonds is 7. The van der Waals surface area contributed by atoms with Crippen molar-refractivity contribution >= 4 is 23.3 Å². The summed E-state index contributed by atoms with van der Waals surface area (Å²) in [6.45, 7) is 4.07. The number of carbonyl (C=O) groups is 1. The van der Waals surface area contributed by atoms with Gasteiger partial charge in [-0.1, -0.05) is 17.7 Å². The van der Waals surface area contributed by atoms with Crippen LogP contribution in [0, 0.1) is 6.92 Å². The molecule has 2 aromatic rings. The lowest BCUT2D eigenvalue weighted by Gasteiger charge is -2.24. The lowest BCUT2D eigenvalue weighted by Crippen LogP contribution is -2.35. The first kappa shape index (κ1) is 18.7. The van der Waals surface area contributed by atoms with Crippen LogP contribution in [0.2, 0.25) is 0 Å². The summed E-state index contributed by atoms with van der Waals surface area (Å²) in [5, 5.41) is 2.04. The molecule has 1 aliphatic rings. The Labute approximate surface area is 159 Å². The van der Waals surface area contributed by atoms with Crippen LogP contribution < -0.4 is 4.74 Å². The molecule has 1 atom stereocenters. The van der Waals surface area contributed by atoms with Crippen molar-refractivity contribution < 1.29 is 14.3 Å². The van der Waals surface area contributed by atoms with E-state index in [1.54, 1.807) is 24.5 Å². The van der Waals surface area contributed by atoms with E-state index in [9.17, 15) is 4.79 Å². The molecule has 1 aliphatic heterocycles. The Hall–Kier alpha value is -2.11. The van der Waals surface area contributed by atoms with E-state index < -0.39 is 0 Å². The second kappa shape index (κ2) is 9.01. The van der Waals surface area contributed by atoms with E-state index in [4.69, 9.17) is 9.47 Å². The summed E-state index contributed by atoms with van der Waals surface area (Å²) >= 11 is 1.67. The highest BCUT2D eigenvalue weighted by atomic mass is 32.1. The fraction of sp³-hybridized carbons (Fsp3) is 0.381. The zero-order valence-electron chi connectivity index (χ0n) is 15.3. The summed E-state index contributed by atoms with van der Waals surface area (Å²) in [6, 6.07) is 10.0. The van der Waals surface area contributed by atoms with Crippen molar-refractivity contribution in [3.63, 3.8) is 0 Å². The van der Waals surface area contributed by atoms with Gasteiger partial charge in [0.15, 0.2) is 0 Å². The number of ether oxygens (including phenoxy) is 2. The van der Waals surface area contributed by atoms with Crippen LogP contribution in [0.25, 0.3) is 6.08 Å². The maximum absolute atomic E-state index is 12.9. The van der Waals surface area contributed by atoms with Crippen molar-refractivity contribution in [2.45, 2.75) is 32.4 Å². The van der Waals surface area contributed by atoms with Gasteiger partial charge < -0.3 is 14.4 Å². The van der Waals surface area contributed by atoms with Gasteiger partial charge in [0.25, 0.3) is 0 Å². The highest BCUT2D eigenvalue weighted by Gasteiger charge is 2.22. The molecule has 0 N–H and O–H groups in total. The Morgan fingerprint density at radius 1 is 1.42 bits per heavy atom. The molecule has 1 unspecified atom stereocenters. The Morgan fingerprint density at radius 2 is 2.31 bits per heavy atom. The number of methoxy groups -OCH3 is 1. The van der Waals surface area contributed by atoms with Crippen molar-refractivity contribution in [1.29, 1.82) is 0 Å². The zero-order chi connectivity index (χ0) is 18.4. The van der Waals surface area contributed by atoms with E-state index in [2.05, 4.69) is 6.07 Å². The highest BCUT2D eigenvalue weighted by Crippen LogP contribution is 2.22. The average molecular weight is 372 g/mol. The molecule has 0 bridgehead atoms. The molecular formula is C21H25NO3S. The third-order valence-corrected chi connectivity index (χ3v) is 5.34. The first-order chi connectivity index (χ1) is 12.7. The van der Waals surface area contributed by atoms with Crippen molar-refractivity contribution in [2.75, 3.05) is 20.3 Å². The number of amides is 1. The van der Waals surface area contributed by atoms with Crippen molar-refractivity contribution in [3.8, 4) is 5.75 Å². The fourth-order valence-electron chi connectivity index (χ4n) is 3.11. The first-order valence-electron chi connectivity index (χ1n) is 8.91. The van der Waals surface area contributed by atoms with Gasteiger partial charge >= 0.3 is 0 Å². The molecular weight excluding hydrogens is 346 g/mol. The van der Waals surface area contributed by atoms with Crippen molar-refractivity contribution in [2.24, 2.45) is 0 Å².